The zero-order chi connectivity index (χ0) is 25.0. The first-order chi connectivity index (χ1) is 16.7. The predicted molar refractivity (Wildman–Crippen MR) is 132 cm³/mol. The summed E-state index contributed by atoms with van der Waals surface area (Å²) in [6, 6.07) is 16.2. The molecule has 0 aliphatic carbocycles. The molecular weight excluding hydrogens is 521 g/mol. The third kappa shape index (κ3) is 6.50. The van der Waals surface area contributed by atoms with Crippen LogP contribution in [-0.4, -0.2) is 27.8 Å². The second kappa shape index (κ2) is 10.6. The highest BCUT2D eigenvalue weighted by atomic mass is 35.5. The molecule has 6 nitrogen and oxygen atoms in total. The van der Waals surface area contributed by atoms with Gasteiger partial charge in [-0.1, -0.05) is 77.2 Å². The number of hydrogen-bond acceptors (Lipinski definition) is 6. The Labute approximate surface area is 210 Å². The van der Waals surface area contributed by atoms with Crippen LogP contribution >= 0.6 is 34.7 Å². The highest BCUT2D eigenvalue weighted by Crippen LogP contribution is 2.34. The van der Waals surface area contributed by atoms with Crippen molar-refractivity contribution >= 4 is 68.1 Å². The van der Waals surface area contributed by atoms with Gasteiger partial charge in [-0.2, -0.15) is 13.2 Å². The molecule has 0 spiro atoms. The molecule has 0 bridgehead atoms. The molecule has 2 amide bonds. The molecule has 35 heavy (non-hydrogen) atoms. The van der Waals surface area contributed by atoms with Crippen LogP contribution in [0, 0.1) is 0 Å². The first kappa shape index (κ1) is 25.0. The molecule has 0 fully saturated rings. The number of fused-ring (bicyclic) bond motifs is 1. The van der Waals surface area contributed by atoms with Crippen molar-refractivity contribution in [2.75, 3.05) is 16.4 Å². The second-order valence-corrected chi connectivity index (χ2v) is 9.87. The molecule has 0 aliphatic heterocycles. The minimum Gasteiger partial charge on any atom is -0.324 e. The van der Waals surface area contributed by atoms with Crippen LogP contribution in [-0.2, 0) is 22.2 Å². The molecule has 1 aromatic heterocycles. The number of nitrogens with one attached hydrogen (secondary N) is 2. The molecule has 4 rings (SSSR count). The maximum Gasteiger partial charge on any atom is 0.416 e. The van der Waals surface area contributed by atoms with Crippen LogP contribution in [0.4, 0.5) is 24.0 Å². The number of carbonyl (C=O) groups excluding carboxylic acids is 2. The smallest absolute Gasteiger partial charge is 0.324 e. The maximum atomic E-state index is 12.9. The van der Waals surface area contributed by atoms with E-state index in [0.717, 1.165) is 57.6 Å². The third-order valence-corrected chi connectivity index (χ3v) is 7.08. The standard InChI is InChI=1S/C23H16ClF3N4O2S2/c24-17-9-8-15(23(25,26)27)11-18(17)28-20(33)12-34-22-31-30-21(35-22)29-19(32)10-14-6-3-5-13-4-1-2-7-16(13)14/h1-9,11H,10,12H2,(H,28,33)(H,29,30,32). The number of aromatic nitrogens is 2. The Balaban J connectivity index is 1.31. The molecule has 0 unspecified atom stereocenters. The lowest BCUT2D eigenvalue weighted by Gasteiger charge is -2.11. The van der Waals surface area contributed by atoms with Crippen molar-refractivity contribution in [3.63, 3.8) is 0 Å². The number of nitrogens with zero attached hydrogens (tertiary/aromatic N) is 2. The summed E-state index contributed by atoms with van der Waals surface area (Å²) in [5.41, 5.74) is -0.173. The van der Waals surface area contributed by atoms with Crippen LogP contribution in [0.15, 0.2) is 65.0 Å². The third-order valence-electron chi connectivity index (χ3n) is 4.78. The molecule has 180 valence electrons. The Hall–Kier alpha value is -3.15. The van der Waals surface area contributed by atoms with Crippen LogP contribution in [0.2, 0.25) is 5.02 Å². The van der Waals surface area contributed by atoms with Gasteiger partial charge in [-0.25, -0.2) is 0 Å². The summed E-state index contributed by atoms with van der Waals surface area (Å²) in [4.78, 5) is 24.7. The van der Waals surface area contributed by atoms with Crippen molar-refractivity contribution in [3.8, 4) is 0 Å². The van der Waals surface area contributed by atoms with E-state index in [1.165, 1.54) is 0 Å². The Bertz CT molecular complexity index is 1390. The van der Waals surface area contributed by atoms with E-state index in [4.69, 9.17) is 11.6 Å². The van der Waals surface area contributed by atoms with E-state index in [1.807, 2.05) is 42.5 Å². The van der Waals surface area contributed by atoms with Gasteiger partial charge in [0.05, 0.1) is 28.4 Å². The molecule has 0 radical (unpaired) electrons. The zero-order valence-corrected chi connectivity index (χ0v) is 20.1. The summed E-state index contributed by atoms with van der Waals surface area (Å²) in [6.07, 6.45) is -4.40. The number of amides is 2. The lowest BCUT2D eigenvalue weighted by Crippen LogP contribution is -2.15. The van der Waals surface area contributed by atoms with Gasteiger partial charge in [-0.3, -0.25) is 9.59 Å². The molecule has 4 aromatic rings. The average molecular weight is 537 g/mol. The van der Waals surface area contributed by atoms with Gasteiger partial charge in [0.1, 0.15) is 0 Å². The number of halogens is 4. The molecule has 1 heterocycles. The number of anilines is 2. The van der Waals surface area contributed by atoms with Gasteiger partial charge in [0.2, 0.25) is 16.9 Å². The minimum absolute atomic E-state index is 0.0107. The second-order valence-electron chi connectivity index (χ2n) is 7.27. The fourth-order valence-electron chi connectivity index (χ4n) is 3.21. The van der Waals surface area contributed by atoms with E-state index in [0.29, 0.717) is 4.34 Å². The van der Waals surface area contributed by atoms with Gasteiger partial charge in [0.15, 0.2) is 4.34 Å². The van der Waals surface area contributed by atoms with Crippen LogP contribution in [0.25, 0.3) is 10.8 Å². The number of thioether (sulfide) groups is 1. The summed E-state index contributed by atoms with van der Waals surface area (Å²) in [5, 5.41) is 15.2. The molecule has 12 heteroatoms. The van der Waals surface area contributed by atoms with Crippen molar-refractivity contribution in [1.29, 1.82) is 0 Å². The SMILES string of the molecule is O=C(Cc1cccc2ccccc12)Nc1nnc(SCC(=O)Nc2cc(C(F)(F)F)ccc2Cl)s1. The summed E-state index contributed by atoms with van der Waals surface area (Å²) in [6.45, 7) is 0. The van der Waals surface area contributed by atoms with Crippen LogP contribution in [0.5, 0.6) is 0 Å². The van der Waals surface area contributed by atoms with Crippen molar-refractivity contribution in [3.05, 3.63) is 76.8 Å². The van der Waals surface area contributed by atoms with Crippen molar-refractivity contribution < 1.29 is 22.8 Å². The largest absolute Gasteiger partial charge is 0.416 e. The summed E-state index contributed by atoms with van der Waals surface area (Å²) in [7, 11) is 0. The highest BCUT2D eigenvalue weighted by molar-refractivity contribution is 8.01. The number of alkyl halides is 3. The van der Waals surface area contributed by atoms with Crippen molar-refractivity contribution in [2.24, 2.45) is 0 Å². The average Bonchev–Trinajstić information content (AvgIpc) is 3.26. The number of hydrogen-bond donors (Lipinski definition) is 2. The van der Waals surface area contributed by atoms with Crippen LogP contribution < -0.4 is 10.6 Å². The Kier molecular flexibility index (Phi) is 7.58. The number of rotatable bonds is 7. The number of benzene rings is 3. The Morgan fingerprint density at radius 3 is 2.54 bits per heavy atom. The van der Waals surface area contributed by atoms with E-state index in [9.17, 15) is 22.8 Å². The highest BCUT2D eigenvalue weighted by Gasteiger charge is 2.31. The molecule has 0 atom stereocenters. The van der Waals surface area contributed by atoms with Crippen LogP contribution in [0.1, 0.15) is 11.1 Å². The first-order valence-electron chi connectivity index (χ1n) is 10.1. The van der Waals surface area contributed by atoms with Gasteiger partial charge in [0.25, 0.3) is 0 Å². The fourth-order valence-corrected chi connectivity index (χ4v) is 4.95. The van der Waals surface area contributed by atoms with Gasteiger partial charge in [0, 0.05) is 0 Å². The minimum atomic E-state index is -4.56. The first-order valence-corrected chi connectivity index (χ1v) is 12.3. The maximum absolute atomic E-state index is 12.9. The fraction of sp³-hybridized carbons (Fsp3) is 0.130. The topological polar surface area (TPSA) is 84.0 Å². The Morgan fingerprint density at radius 1 is 0.971 bits per heavy atom. The van der Waals surface area contributed by atoms with Crippen molar-refractivity contribution in [1.82, 2.24) is 10.2 Å². The van der Waals surface area contributed by atoms with E-state index in [2.05, 4.69) is 20.8 Å². The van der Waals surface area contributed by atoms with Gasteiger partial charge in [-0.15, -0.1) is 10.2 Å². The molecule has 0 saturated heterocycles. The lowest BCUT2D eigenvalue weighted by molar-refractivity contribution is -0.137. The lowest BCUT2D eigenvalue weighted by atomic mass is 10.0. The normalized spacial score (nSPS) is 11.4. The molecular formula is C23H16ClF3N4O2S2. The number of carbonyl (C=O) groups is 2. The monoisotopic (exact) mass is 536 g/mol. The van der Waals surface area contributed by atoms with Crippen molar-refractivity contribution in [2.45, 2.75) is 16.9 Å². The molecule has 2 N–H and O–H groups in total. The summed E-state index contributed by atoms with van der Waals surface area (Å²) >= 11 is 8.02. The van der Waals surface area contributed by atoms with E-state index in [1.54, 1.807) is 0 Å². The Morgan fingerprint density at radius 2 is 1.74 bits per heavy atom. The van der Waals surface area contributed by atoms with E-state index < -0.39 is 17.6 Å². The van der Waals surface area contributed by atoms with E-state index in [-0.39, 0.29) is 33.9 Å². The zero-order valence-electron chi connectivity index (χ0n) is 17.7. The molecule has 0 saturated carbocycles. The van der Waals surface area contributed by atoms with Gasteiger partial charge < -0.3 is 10.6 Å². The molecule has 3 aromatic carbocycles. The summed E-state index contributed by atoms with van der Waals surface area (Å²) < 4.78 is 39.1. The van der Waals surface area contributed by atoms with Gasteiger partial charge in [-0.05, 0) is 34.5 Å². The van der Waals surface area contributed by atoms with Gasteiger partial charge >= 0.3 is 6.18 Å². The summed E-state index contributed by atoms with van der Waals surface area (Å²) in [5.74, 6) is -0.954. The quantitative estimate of drug-likeness (QED) is 0.215. The van der Waals surface area contributed by atoms with E-state index >= 15 is 0 Å². The predicted octanol–water partition coefficient (Wildman–Crippen LogP) is 6.28. The van der Waals surface area contributed by atoms with Crippen LogP contribution in [0.3, 0.4) is 0 Å². The molecule has 0 aliphatic rings.